The molecule has 2 N–H and O–H groups in total. The van der Waals surface area contributed by atoms with Crippen molar-refractivity contribution in [1.82, 2.24) is 15.1 Å². The van der Waals surface area contributed by atoms with Crippen molar-refractivity contribution in [3.63, 3.8) is 0 Å². The van der Waals surface area contributed by atoms with Crippen LogP contribution in [0.15, 0.2) is 36.4 Å². The molecule has 2 bridgehead atoms. The summed E-state index contributed by atoms with van der Waals surface area (Å²) in [6, 6.07) is 11.2. The number of benzene rings is 1. The number of nitrogens with zero attached hydrogens (tertiary/aromatic N) is 3. The van der Waals surface area contributed by atoms with E-state index < -0.39 is 0 Å². The van der Waals surface area contributed by atoms with Gasteiger partial charge in [-0.3, -0.25) is 4.90 Å². The van der Waals surface area contributed by atoms with Crippen LogP contribution in [0.3, 0.4) is 0 Å². The summed E-state index contributed by atoms with van der Waals surface area (Å²) in [4.78, 5) is 2.46. The average molecular weight is 320 g/mol. The van der Waals surface area contributed by atoms with E-state index in [0.717, 1.165) is 12.1 Å². The third kappa shape index (κ3) is 3.34. The molecule has 0 aliphatic carbocycles. The second-order valence-corrected chi connectivity index (χ2v) is 6.43. The standard InChI is InChI=1S/C19H20N4O/c20-16-3-1-2-14(12-16)4-5-17-6-7-19(22-21-17)24-18-13-23-10-8-15(18)9-11-23/h1-3,6-7,12,15,18H,8-11,13,20H2/t18-/m1/s1. The van der Waals surface area contributed by atoms with E-state index in [9.17, 15) is 0 Å². The fraction of sp³-hybridized carbons (Fsp3) is 0.368. The third-order valence-corrected chi connectivity index (χ3v) is 4.73. The lowest BCUT2D eigenvalue weighted by Crippen LogP contribution is -2.52. The summed E-state index contributed by atoms with van der Waals surface area (Å²) in [6.45, 7) is 3.41. The molecule has 3 aliphatic heterocycles. The number of hydrogen-bond acceptors (Lipinski definition) is 5. The average Bonchev–Trinajstić information content (AvgIpc) is 2.62. The van der Waals surface area contributed by atoms with Crippen LogP contribution in [0.5, 0.6) is 5.88 Å². The number of piperidine rings is 3. The van der Waals surface area contributed by atoms with Gasteiger partial charge in [-0.25, -0.2) is 0 Å². The molecule has 0 spiro atoms. The van der Waals surface area contributed by atoms with Crippen LogP contribution in [0.25, 0.3) is 0 Å². The van der Waals surface area contributed by atoms with E-state index in [1.165, 1.54) is 25.9 Å². The first-order valence-electron chi connectivity index (χ1n) is 8.36. The Bertz CT molecular complexity index is 770. The zero-order valence-corrected chi connectivity index (χ0v) is 13.5. The van der Waals surface area contributed by atoms with Crippen LogP contribution < -0.4 is 10.5 Å². The lowest BCUT2D eigenvalue weighted by molar-refractivity contribution is -0.0104. The molecule has 0 amide bonds. The van der Waals surface area contributed by atoms with Crippen molar-refractivity contribution in [1.29, 1.82) is 0 Å². The minimum absolute atomic E-state index is 0.242. The molecule has 3 saturated heterocycles. The Kier molecular flexibility index (Phi) is 4.06. The van der Waals surface area contributed by atoms with Gasteiger partial charge in [0.25, 0.3) is 0 Å². The first kappa shape index (κ1) is 15.0. The second-order valence-electron chi connectivity index (χ2n) is 6.43. The van der Waals surface area contributed by atoms with Gasteiger partial charge in [0.05, 0.1) is 0 Å². The van der Waals surface area contributed by atoms with Crippen molar-refractivity contribution in [2.75, 3.05) is 25.4 Å². The number of nitrogen functional groups attached to an aromatic ring is 1. The van der Waals surface area contributed by atoms with E-state index >= 15 is 0 Å². The molecule has 0 saturated carbocycles. The molecule has 1 atom stereocenters. The Morgan fingerprint density at radius 2 is 1.96 bits per heavy atom. The normalized spacial score (nSPS) is 24.9. The van der Waals surface area contributed by atoms with Gasteiger partial charge in [-0.2, -0.15) is 0 Å². The zero-order chi connectivity index (χ0) is 16.4. The molecule has 3 aliphatic rings. The Balaban J connectivity index is 1.42. The Morgan fingerprint density at radius 3 is 2.62 bits per heavy atom. The van der Waals surface area contributed by atoms with E-state index in [-0.39, 0.29) is 6.10 Å². The highest BCUT2D eigenvalue weighted by atomic mass is 16.5. The molecule has 1 aromatic carbocycles. The molecule has 5 heteroatoms. The maximum atomic E-state index is 6.04. The minimum atomic E-state index is 0.242. The fourth-order valence-electron chi connectivity index (χ4n) is 3.40. The van der Waals surface area contributed by atoms with Gasteiger partial charge in [-0.05, 0) is 62.0 Å². The molecular weight excluding hydrogens is 300 g/mol. The van der Waals surface area contributed by atoms with Gasteiger partial charge in [0.2, 0.25) is 5.88 Å². The maximum absolute atomic E-state index is 6.04. The first-order chi connectivity index (χ1) is 11.8. The predicted octanol–water partition coefficient (Wildman–Crippen LogP) is 1.93. The lowest BCUT2D eigenvalue weighted by atomic mass is 9.86. The van der Waals surface area contributed by atoms with E-state index in [4.69, 9.17) is 10.5 Å². The second kappa shape index (κ2) is 6.50. The van der Waals surface area contributed by atoms with Crippen molar-refractivity contribution in [3.05, 3.63) is 47.7 Å². The van der Waals surface area contributed by atoms with Crippen molar-refractivity contribution in [2.24, 2.45) is 5.92 Å². The van der Waals surface area contributed by atoms with Crippen LogP contribution in [0.4, 0.5) is 5.69 Å². The molecule has 4 heterocycles. The SMILES string of the molecule is Nc1cccc(C#Cc2ccc(O[C@@H]3CN4CCC3CC4)nn2)c1. The molecule has 122 valence electrons. The highest BCUT2D eigenvalue weighted by Gasteiger charge is 2.35. The van der Waals surface area contributed by atoms with Gasteiger partial charge in [-0.1, -0.05) is 12.0 Å². The van der Waals surface area contributed by atoms with E-state index in [1.807, 2.05) is 36.4 Å². The topological polar surface area (TPSA) is 64.3 Å². The summed E-state index contributed by atoms with van der Waals surface area (Å²) in [5.41, 5.74) is 7.94. The fourth-order valence-corrected chi connectivity index (χ4v) is 3.40. The molecule has 1 aromatic heterocycles. The van der Waals surface area contributed by atoms with Crippen molar-refractivity contribution in [3.8, 4) is 17.7 Å². The van der Waals surface area contributed by atoms with E-state index in [0.29, 0.717) is 23.2 Å². The Morgan fingerprint density at radius 1 is 1.08 bits per heavy atom. The summed E-state index contributed by atoms with van der Waals surface area (Å²) in [5, 5.41) is 8.32. The molecular formula is C19H20N4O. The summed E-state index contributed by atoms with van der Waals surface area (Å²) in [7, 11) is 0. The zero-order valence-electron chi connectivity index (χ0n) is 13.5. The largest absolute Gasteiger partial charge is 0.472 e. The van der Waals surface area contributed by atoms with Gasteiger partial charge in [0.15, 0.2) is 0 Å². The molecule has 5 nitrogen and oxygen atoms in total. The summed E-state index contributed by atoms with van der Waals surface area (Å²) >= 11 is 0. The number of nitrogens with two attached hydrogens (primary N) is 1. The van der Waals surface area contributed by atoms with Crippen molar-refractivity contribution in [2.45, 2.75) is 18.9 Å². The van der Waals surface area contributed by atoms with Crippen molar-refractivity contribution >= 4 is 5.69 Å². The van der Waals surface area contributed by atoms with Gasteiger partial charge >= 0.3 is 0 Å². The maximum Gasteiger partial charge on any atom is 0.233 e. The molecule has 24 heavy (non-hydrogen) atoms. The number of hydrogen-bond donors (Lipinski definition) is 1. The number of ether oxygens (including phenoxy) is 1. The van der Waals surface area contributed by atoms with Gasteiger partial charge in [0, 0.05) is 23.9 Å². The third-order valence-electron chi connectivity index (χ3n) is 4.73. The Hall–Kier alpha value is -2.58. The monoisotopic (exact) mass is 320 g/mol. The number of aromatic nitrogens is 2. The van der Waals surface area contributed by atoms with Crippen LogP contribution in [-0.2, 0) is 0 Å². The summed E-state index contributed by atoms with van der Waals surface area (Å²) < 4.78 is 6.04. The van der Waals surface area contributed by atoms with Crippen molar-refractivity contribution < 1.29 is 4.74 Å². The summed E-state index contributed by atoms with van der Waals surface area (Å²) in [6.07, 6.45) is 2.69. The smallest absolute Gasteiger partial charge is 0.233 e. The van der Waals surface area contributed by atoms with Crippen LogP contribution in [0, 0.1) is 17.8 Å². The molecule has 3 fully saturated rings. The van der Waals surface area contributed by atoms with Gasteiger partial charge in [-0.15, -0.1) is 10.2 Å². The molecule has 0 unspecified atom stereocenters. The Labute approximate surface area is 141 Å². The lowest BCUT2D eigenvalue weighted by Gasteiger charge is -2.44. The predicted molar refractivity (Wildman–Crippen MR) is 92.4 cm³/mol. The molecule has 5 rings (SSSR count). The number of fused-ring (bicyclic) bond motifs is 3. The number of rotatable bonds is 2. The van der Waals surface area contributed by atoms with Crippen LogP contribution >= 0.6 is 0 Å². The van der Waals surface area contributed by atoms with Gasteiger partial charge < -0.3 is 10.5 Å². The van der Waals surface area contributed by atoms with Crippen LogP contribution in [-0.4, -0.2) is 40.8 Å². The molecule has 0 radical (unpaired) electrons. The van der Waals surface area contributed by atoms with E-state index in [1.54, 1.807) is 0 Å². The van der Waals surface area contributed by atoms with Crippen LogP contribution in [0.2, 0.25) is 0 Å². The van der Waals surface area contributed by atoms with Gasteiger partial charge in [0.1, 0.15) is 11.8 Å². The highest BCUT2D eigenvalue weighted by Crippen LogP contribution is 2.29. The van der Waals surface area contributed by atoms with E-state index in [2.05, 4.69) is 26.9 Å². The number of anilines is 1. The summed E-state index contributed by atoms with van der Waals surface area (Å²) in [5.74, 6) is 7.29. The minimum Gasteiger partial charge on any atom is -0.472 e. The quantitative estimate of drug-likeness (QED) is 0.677. The highest BCUT2D eigenvalue weighted by molar-refractivity contribution is 5.48. The molecule has 2 aromatic rings. The van der Waals surface area contributed by atoms with Crippen LogP contribution in [0.1, 0.15) is 24.1 Å². The first-order valence-corrected chi connectivity index (χ1v) is 8.36.